The average molecular weight is 365 g/mol. The van der Waals surface area contributed by atoms with Gasteiger partial charge in [0.2, 0.25) is 0 Å². The molecular weight excluding hydrogens is 353 g/mol. The third-order valence-corrected chi connectivity index (χ3v) is 3.26. The number of hydrogen-bond donors (Lipinski definition) is 0. The van der Waals surface area contributed by atoms with Crippen LogP contribution in [0.1, 0.15) is 11.1 Å². The van der Waals surface area contributed by atoms with Crippen LogP contribution in [0.5, 0.6) is 11.5 Å². The molecule has 0 amide bonds. The summed E-state index contributed by atoms with van der Waals surface area (Å²) in [7, 11) is 1.56. The second-order valence-electron chi connectivity index (χ2n) is 3.89. The fraction of sp³-hybridized carbons (Fsp3) is 0.133. The SMILES string of the molecule is COc1cc(COc2cccc(I)c2)ccc1C#N. The first-order chi connectivity index (χ1) is 9.22. The lowest BCUT2D eigenvalue weighted by molar-refractivity contribution is 0.305. The van der Waals surface area contributed by atoms with Gasteiger partial charge in [0.25, 0.3) is 0 Å². The van der Waals surface area contributed by atoms with Crippen LogP contribution in [-0.4, -0.2) is 7.11 Å². The molecule has 0 saturated carbocycles. The molecular formula is C15H12INO2. The first-order valence-corrected chi connectivity index (χ1v) is 6.76. The van der Waals surface area contributed by atoms with Crippen molar-refractivity contribution in [3.8, 4) is 17.6 Å². The van der Waals surface area contributed by atoms with E-state index in [1.807, 2.05) is 36.4 Å². The van der Waals surface area contributed by atoms with Crippen molar-refractivity contribution in [3.63, 3.8) is 0 Å². The van der Waals surface area contributed by atoms with Crippen molar-refractivity contribution in [1.29, 1.82) is 5.26 Å². The molecule has 0 unspecified atom stereocenters. The summed E-state index contributed by atoms with van der Waals surface area (Å²) in [6.45, 7) is 0.447. The van der Waals surface area contributed by atoms with Gasteiger partial charge >= 0.3 is 0 Å². The van der Waals surface area contributed by atoms with E-state index in [1.54, 1.807) is 13.2 Å². The number of nitriles is 1. The summed E-state index contributed by atoms with van der Waals surface area (Å²) >= 11 is 2.24. The van der Waals surface area contributed by atoms with Crippen LogP contribution in [0.3, 0.4) is 0 Å². The Morgan fingerprint density at radius 1 is 1.21 bits per heavy atom. The van der Waals surface area contributed by atoms with Gasteiger partial charge in [0.1, 0.15) is 24.2 Å². The molecule has 2 aromatic carbocycles. The van der Waals surface area contributed by atoms with Gasteiger partial charge < -0.3 is 9.47 Å². The summed E-state index contributed by atoms with van der Waals surface area (Å²) in [6, 6.07) is 15.4. The lowest BCUT2D eigenvalue weighted by atomic mass is 10.1. The molecule has 0 fully saturated rings. The second kappa shape index (κ2) is 6.43. The van der Waals surface area contributed by atoms with Gasteiger partial charge in [-0.1, -0.05) is 12.1 Å². The monoisotopic (exact) mass is 365 g/mol. The number of benzene rings is 2. The Balaban J connectivity index is 2.10. The predicted molar refractivity (Wildman–Crippen MR) is 81.2 cm³/mol. The summed E-state index contributed by atoms with van der Waals surface area (Å²) in [5.41, 5.74) is 1.50. The van der Waals surface area contributed by atoms with Gasteiger partial charge in [-0.3, -0.25) is 0 Å². The molecule has 0 aliphatic heterocycles. The van der Waals surface area contributed by atoms with E-state index in [9.17, 15) is 0 Å². The third kappa shape index (κ3) is 3.61. The van der Waals surface area contributed by atoms with E-state index in [0.717, 1.165) is 14.9 Å². The molecule has 0 aromatic heterocycles. The number of hydrogen-bond acceptors (Lipinski definition) is 3. The maximum atomic E-state index is 8.92. The maximum Gasteiger partial charge on any atom is 0.137 e. The third-order valence-electron chi connectivity index (χ3n) is 2.59. The smallest absolute Gasteiger partial charge is 0.137 e. The molecule has 2 aromatic rings. The quantitative estimate of drug-likeness (QED) is 0.775. The summed E-state index contributed by atoms with van der Waals surface area (Å²) in [6.07, 6.45) is 0. The minimum atomic E-state index is 0.447. The lowest BCUT2D eigenvalue weighted by Gasteiger charge is -2.09. The average Bonchev–Trinajstić information content (AvgIpc) is 2.45. The molecule has 0 bridgehead atoms. The van der Waals surface area contributed by atoms with E-state index < -0.39 is 0 Å². The minimum Gasteiger partial charge on any atom is -0.495 e. The molecule has 0 spiro atoms. The fourth-order valence-corrected chi connectivity index (χ4v) is 2.16. The van der Waals surface area contributed by atoms with Crippen molar-refractivity contribution in [1.82, 2.24) is 0 Å². The van der Waals surface area contributed by atoms with Crippen LogP contribution in [0, 0.1) is 14.9 Å². The first-order valence-electron chi connectivity index (χ1n) is 5.68. The normalized spacial score (nSPS) is 9.74. The Morgan fingerprint density at radius 2 is 2.05 bits per heavy atom. The Morgan fingerprint density at radius 3 is 2.74 bits per heavy atom. The van der Waals surface area contributed by atoms with Crippen LogP contribution in [0.25, 0.3) is 0 Å². The van der Waals surface area contributed by atoms with Gasteiger partial charge in [-0.25, -0.2) is 0 Å². The number of halogens is 1. The van der Waals surface area contributed by atoms with Crippen LogP contribution >= 0.6 is 22.6 Å². The molecule has 2 rings (SSSR count). The summed E-state index contributed by atoms with van der Waals surface area (Å²) in [5, 5.41) is 8.92. The van der Waals surface area contributed by atoms with Crippen LogP contribution in [-0.2, 0) is 6.61 Å². The lowest BCUT2D eigenvalue weighted by Crippen LogP contribution is -1.97. The van der Waals surface area contributed by atoms with E-state index >= 15 is 0 Å². The molecule has 96 valence electrons. The van der Waals surface area contributed by atoms with Crippen molar-refractivity contribution in [2.75, 3.05) is 7.11 Å². The Kier molecular flexibility index (Phi) is 4.63. The Bertz CT molecular complexity index is 620. The van der Waals surface area contributed by atoms with Crippen LogP contribution in [0.2, 0.25) is 0 Å². The molecule has 0 aliphatic carbocycles. The molecule has 0 aliphatic rings. The van der Waals surface area contributed by atoms with E-state index in [-0.39, 0.29) is 0 Å². The molecule has 3 nitrogen and oxygen atoms in total. The van der Waals surface area contributed by atoms with Gasteiger partial charge in [0.15, 0.2) is 0 Å². The van der Waals surface area contributed by atoms with E-state index in [1.165, 1.54) is 0 Å². The number of nitrogens with zero attached hydrogens (tertiary/aromatic N) is 1. The molecule has 0 atom stereocenters. The minimum absolute atomic E-state index is 0.447. The zero-order valence-electron chi connectivity index (χ0n) is 10.4. The van der Waals surface area contributed by atoms with Crippen molar-refractivity contribution >= 4 is 22.6 Å². The molecule has 0 saturated heterocycles. The predicted octanol–water partition coefficient (Wildman–Crippen LogP) is 3.75. The molecule has 0 heterocycles. The highest BCUT2D eigenvalue weighted by Crippen LogP contribution is 2.21. The van der Waals surface area contributed by atoms with E-state index in [4.69, 9.17) is 14.7 Å². The Hall–Kier alpha value is -1.74. The zero-order valence-corrected chi connectivity index (χ0v) is 12.5. The van der Waals surface area contributed by atoms with Crippen LogP contribution in [0.15, 0.2) is 42.5 Å². The summed E-state index contributed by atoms with van der Waals surface area (Å²) in [5.74, 6) is 1.40. The molecule has 4 heteroatoms. The molecule has 19 heavy (non-hydrogen) atoms. The fourth-order valence-electron chi connectivity index (χ4n) is 1.64. The van der Waals surface area contributed by atoms with Crippen molar-refractivity contribution in [3.05, 3.63) is 57.2 Å². The highest BCUT2D eigenvalue weighted by molar-refractivity contribution is 14.1. The topological polar surface area (TPSA) is 42.2 Å². The van der Waals surface area contributed by atoms with E-state index in [2.05, 4.69) is 28.7 Å². The van der Waals surface area contributed by atoms with Gasteiger partial charge in [0, 0.05) is 3.57 Å². The van der Waals surface area contributed by atoms with Gasteiger partial charge in [0.05, 0.1) is 12.7 Å². The van der Waals surface area contributed by atoms with Gasteiger partial charge in [-0.05, 0) is 58.5 Å². The van der Waals surface area contributed by atoms with Gasteiger partial charge in [-0.2, -0.15) is 5.26 Å². The van der Waals surface area contributed by atoms with E-state index in [0.29, 0.717) is 17.9 Å². The highest BCUT2D eigenvalue weighted by Gasteiger charge is 2.04. The molecule has 0 N–H and O–H groups in total. The maximum absolute atomic E-state index is 8.92. The summed E-state index contributed by atoms with van der Waals surface area (Å²) < 4.78 is 12.0. The highest BCUT2D eigenvalue weighted by atomic mass is 127. The number of rotatable bonds is 4. The van der Waals surface area contributed by atoms with Gasteiger partial charge in [-0.15, -0.1) is 0 Å². The zero-order chi connectivity index (χ0) is 13.7. The Labute approximate surface area is 125 Å². The summed E-state index contributed by atoms with van der Waals surface area (Å²) in [4.78, 5) is 0. The molecule has 0 radical (unpaired) electrons. The van der Waals surface area contributed by atoms with Crippen molar-refractivity contribution in [2.45, 2.75) is 6.61 Å². The van der Waals surface area contributed by atoms with Crippen molar-refractivity contribution in [2.24, 2.45) is 0 Å². The number of ether oxygens (including phenoxy) is 2. The van der Waals surface area contributed by atoms with Crippen LogP contribution < -0.4 is 9.47 Å². The second-order valence-corrected chi connectivity index (χ2v) is 5.14. The first kappa shape index (κ1) is 13.7. The van der Waals surface area contributed by atoms with Crippen LogP contribution in [0.4, 0.5) is 0 Å². The van der Waals surface area contributed by atoms with Crippen molar-refractivity contribution < 1.29 is 9.47 Å². The number of methoxy groups -OCH3 is 1. The largest absolute Gasteiger partial charge is 0.495 e. The standard InChI is InChI=1S/C15H12INO2/c1-18-15-7-11(5-6-12(15)9-17)10-19-14-4-2-3-13(16)8-14/h2-8H,10H2,1H3.